The molecule has 1 aromatic carbocycles. The van der Waals surface area contributed by atoms with Gasteiger partial charge in [0.15, 0.2) is 0 Å². The normalized spacial score (nSPS) is 11.4. The van der Waals surface area contributed by atoms with E-state index >= 15 is 0 Å². The Kier molecular flexibility index (Phi) is 4.76. The second-order valence-corrected chi connectivity index (χ2v) is 4.64. The zero-order valence-corrected chi connectivity index (χ0v) is 11.4. The van der Waals surface area contributed by atoms with E-state index in [0.29, 0.717) is 6.07 Å². The fourth-order valence-electron chi connectivity index (χ4n) is 1.92. The Hall–Kier alpha value is -2.33. The molecule has 0 aliphatic rings. The van der Waals surface area contributed by atoms with E-state index in [1.165, 1.54) is 12.3 Å². The number of ether oxygens (including phenoxy) is 1. The van der Waals surface area contributed by atoms with Crippen LogP contribution in [-0.4, -0.2) is 28.1 Å². The van der Waals surface area contributed by atoms with Gasteiger partial charge in [-0.05, 0) is 29.2 Å². The van der Waals surface area contributed by atoms with Gasteiger partial charge in [-0.1, -0.05) is 0 Å². The Morgan fingerprint density at radius 2 is 1.87 bits per heavy atom. The second kappa shape index (κ2) is 6.43. The molecule has 0 aliphatic carbocycles. The van der Waals surface area contributed by atoms with Crippen molar-refractivity contribution in [1.29, 1.82) is 0 Å². The highest BCUT2D eigenvalue weighted by Gasteiger charge is 2.31. The summed E-state index contributed by atoms with van der Waals surface area (Å²) in [6.07, 6.45) is -3.74. The van der Waals surface area contributed by atoms with Crippen molar-refractivity contribution in [3.05, 3.63) is 58.3 Å². The quantitative estimate of drug-likeness (QED) is 0.636. The Balaban J connectivity index is 2.28. The average molecular weight is 331 g/mol. The number of alkyl halides is 3. The van der Waals surface area contributed by atoms with Crippen LogP contribution in [0.2, 0.25) is 0 Å². The van der Waals surface area contributed by atoms with Crippen LogP contribution in [0.5, 0.6) is 5.75 Å². The molecule has 0 saturated heterocycles. The number of benzene rings is 1. The molecule has 122 valence electrons. The van der Waals surface area contributed by atoms with E-state index in [0.717, 1.165) is 22.8 Å². The highest BCUT2D eigenvalue weighted by molar-refractivity contribution is 6.58. The van der Waals surface area contributed by atoms with Gasteiger partial charge in [-0.25, -0.2) is 4.39 Å². The molecule has 0 amide bonds. The third kappa shape index (κ3) is 4.83. The first kappa shape index (κ1) is 17.0. The molecule has 10 heteroatoms. The maximum Gasteiger partial charge on any atom is 0.573 e. The van der Waals surface area contributed by atoms with Gasteiger partial charge in [0.2, 0.25) is 5.56 Å². The summed E-state index contributed by atoms with van der Waals surface area (Å²) in [5, 5.41) is 17.9. The lowest BCUT2D eigenvalue weighted by atomic mass is 9.81. The van der Waals surface area contributed by atoms with Gasteiger partial charge in [-0.15, -0.1) is 13.2 Å². The fourth-order valence-corrected chi connectivity index (χ4v) is 1.92. The van der Waals surface area contributed by atoms with Gasteiger partial charge < -0.3 is 19.4 Å². The molecule has 0 spiro atoms. The summed E-state index contributed by atoms with van der Waals surface area (Å²) < 4.78 is 54.6. The lowest BCUT2D eigenvalue weighted by Crippen LogP contribution is -2.35. The molecule has 0 bridgehead atoms. The summed E-state index contributed by atoms with van der Waals surface area (Å²) in [6.45, 7) is -0.216. The maximum atomic E-state index is 13.4. The van der Waals surface area contributed by atoms with Crippen LogP contribution in [-0.2, 0) is 6.54 Å². The Bertz CT molecular complexity index is 760. The van der Waals surface area contributed by atoms with Crippen molar-refractivity contribution in [1.82, 2.24) is 4.57 Å². The monoisotopic (exact) mass is 331 g/mol. The zero-order valence-electron chi connectivity index (χ0n) is 11.4. The van der Waals surface area contributed by atoms with Crippen molar-refractivity contribution >= 4 is 12.6 Å². The number of nitrogens with zero attached hydrogens (tertiary/aromatic N) is 1. The molecule has 0 aliphatic heterocycles. The minimum atomic E-state index is -4.96. The Labute approximate surface area is 127 Å². The third-order valence-corrected chi connectivity index (χ3v) is 2.84. The van der Waals surface area contributed by atoms with Crippen LogP contribution in [0.15, 0.2) is 41.3 Å². The van der Waals surface area contributed by atoms with Crippen LogP contribution in [0.3, 0.4) is 0 Å². The summed E-state index contributed by atoms with van der Waals surface area (Å²) in [4.78, 5) is 11.8. The molecule has 1 heterocycles. The maximum absolute atomic E-state index is 13.4. The standard InChI is InChI=1S/C13H10BF4NO4/c15-10-3-8(4-11(6-10)23-13(16,17)18)7-19-2-1-9(14(21)22)5-12(19)20/h1-6,21-22H,7H2. The summed E-state index contributed by atoms with van der Waals surface area (Å²) >= 11 is 0. The number of rotatable bonds is 4. The number of aromatic nitrogens is 1. The molecular formula is C13H10BF4NO4. The van der Waals surface area contributed by atoms with Crippen molar-refractivity contribution in [2.24, 2.45) is 0 Å². The molecule has 23 heavy (non-hydrogen) atoms. The van der Waals surface area contributed by atoms with E-state index < -0.39 is 30.6 Å². The minimum Gasteiger partial charge on any atom is -0.423 e. The van der Waals surface area contributed by atoms with E-state index in [2.05, 4.69) is 4.74 Å². The summed E-state index contributed by atoms with van der Waals surface area (Å²) in [7, 11) is -1.82. The first-order valence-electron chi connectivity index (χ1n) is 6.26. The van der Waals surface area contributed by atoms with Gasteiger partial charge in [0.1, 0.15) is 11.6 Å². The summed E-state index contributed by atoms with van der Waals surface area (Å²) in [5.41, 5.74) is -0.589. The molecule has 0 saturated carbocycles. The smallest absolute Gasteiger partial charge is 0.423 e. The van der Waals surface area contributed by atoms with Crippen molar-refractivity contribution in [3.63, 3.8) is 0 Å². The Morgan fingerprint density at radius 3 is 2.43 bits per heavy atom. The fraction of sp³-hybridized carbons (Fsp3) is 0.154. The average Bonchev–Trinajstić information content (AvgIpc) is 2.38. The SMILES string of the molecule is O=c1cc(B(O)O)ccn1Cc1cc(F)cc(OC(F)(F)F)c1. The predicted octanol–water partition coefficient (Wildman–Crippen LogP) is 0.614. The molecule has 5 nitrogen and oxygen atoms in total. The molecule has 2 N–H and O–H groups in total. The topological polar surface area (TPSA) is 71.7 Å². The number of hydrogen-bond donors (Lipinski definition) is 2. The van der Waals surface area contributed by atoms with Gasteiger partial charge in [0.25, 0.3) is 0 Å². The van der Waals surface area contributed by atoms with Crippen LogP contribution < -0.4 is 15.8 Å². The minimum absolute atomic E-state index is 0.0356. The molecular weight excluding hydrogens is 321 g/mol. The van der Waals surface area contributed by atoms with Gasteiger partial charge in [0, 0.05) is 18.3 Å². The van der Waals surface area contributed by atoms with E-state index in [1.54, 1.807) is 0 Å². The second-order valence-electron chi connectivity index (χ2n) is 4.64. The van der Waals surface area contributed by atoms with Crippen LogP contribution in [0.1, 0.15) is 5.56 Å². The van der Waals surface area contributed by atoms with Crippen molar-refractivity contribution < 1.29 is 32.3 Å². The largest absolute Gasteiger partial charge is 0.573 e. The number of hydrogen-bond acceptors (Lipinski definition) is 4. The van der Waals surface area contributed by atoms with E-state index in [4.69, 9.17) is 10.0 Å². The molecule has 0 unspecified atom stereocenters. The van der Waals surface area contributed by atoms with Crippen LogP contribution in [0.4, 0.5) is 17.6 Å². The molecule has 2 rings (SSSR count). The van der Waals surface area contributed by atoms with Crippen molar-refractivity contribution in [3.8, 4) is 5.75 Å². The molecule has 0 fully saturated rings. The molecule has 0 atom stereocenters. The molecule has 1 aromatic heterocycles. The van der Waals surface area contributed by atoms with Crippen LogP contribution >= 0.6 is 0 Å². The van der Waals surface area contributed by atoms with Gasteiger partial charge in [0.05, 0.1) is 6.54 Å². The van der Waals surface area contributed by atoms with Gasteiger partial charge in [-0.2, -0.15) is 0 Å². The highest BCUT2D eigenvalue weighted by Crippen LogP contribution is 2.24. The molecule has 2 aromatic rings. The zero-order chi connectivity index (χ0) is 17.2. The van der Waals surface area contributed by atoms with Crippen LogP contribution in [0.25, 0.3) is 0 Å². The summed E-state index contributed by atoms with van der Waals surface area (Å²) in [5.74, 6) is -1.68. The van der Waals surface area contributed by atoms with Gasteiger partial charge >= 0.3 is 13.5 Å². The molecule has 0 radical (unpaired) electrons. The van der Waals surface area contributed by atoms with Crippen molar-refractivity contribution in [2.45, 2.75) is 12.9 Å². The lowest BCUT2D eigenvalue weighted by molar-refractivity contribution is -0.274. The van der Waals surface area contributed by atoms with E-state index in [-0.39, 0.29) is 17.6 Å². The summed E-state index contributed by atoms with van der Waals surface area (Å²) in [6, 6.07) is 4.70. The predicted molar refractivity (Wildman–Crippen MR) is 72.7 cm³/mol. The highest BCUT2D eigenvalue weighted by atomic mass is 19.4. The number of pyridine rings is 1. The first-order chi connectivity index (χ1) is 10.6. The first-order valence-corrected chi connectivity index (χ1v) is 6.26. The number of halogens is 4. The third-order valence-electron chi connectivity index (χ3n) is 2.84. The van der Waals surface area contributed by atoms with E-state index in [1.807, 2.05) is 0 Å². The van der Waals surface area contributed by atoms with E-state index in [9.17, 15) is 22.4 Å². The lowest BCUT2D eigenvalue weighted by Gasteiger charge is -2.11. The van der Waals surface area contributed by atoms with Crippen LogP contribution in [0, 0.1) is 5.82 Å². The van der Waals surface area contributed by atoms with Crippen molar-refractivity contribution in [2.75, 3.05) is 0 Å². The van der Waals surface area contributed by atoms with Gasteiger partial charge in [-0.3, -0.25) is 4.79 Å². The Morgan fingerprint density at radius 1 is 1.17 bits per heavy atom.